The third kappa shape index (κ3) is 2.72. The molecule has 1 saturated heterocycles. The predicted molar refractivity (Wildman–Crippen MR) is 81.3 cm³/mol. The Hall–Kier alpha value is -0.820. The van der Waals surface area contributed by atoms with E-state index in [1.54, 1.807) is 5.56 Å². The molecule has 2 fully saturated rings. The van der Waals surface area contributed by atoms with Crippen molar-refractivity contribution in [2.45, 2.75) is 63.8 Å². The van der Waals surface area contributed by atoms with E-state index in [9.17, 15) is 0 Å². The van der Waals surface area contributed by atoms with Gasteiger partial charge in [-0.3, -0.25) is 0 Å². The highest BCUT2D eigenvalue weighted by Crippen LogP contribution is 2.49. The highest BCUT2D eigenvalue weighted by molar-refractivity contribution is 5.31. The van der Waals surface area contributed by atoms with Crippen molar-refractivity contribution in [2.24, 2.45) is 5.92 Å². The van der Waals surface area contributed by atoms with Crippen molar-refractivity contribution in [3.05, 3.63) is 35.4 Å². The van der Waals surface area contributed by atoms with Crippen LogP contribution in [-0.2, 0) is 12.0 Å². The van der Waals surface area contributed by atoms with Crippen LogP contribution in [0.2, 0.25) is 0 Å². The van der Waals surface area contributed by atoms with Crippen molar-refractivity contribution < 1.29 is 0 Å². The fourth-order valence-corrected chi connectivity index (χ4v) is 3.77. The molecule has 0 spiro atoms. The van der Waals surface area contributed by atoms with E-state index in [2.05, 4.69) is 36.5 Å². The molecule has 1 heteroatoms. The first-order valence-electron chi connectivity index (χ1n) is 8.19. The van der Waals surface area contributed by atoms with Crippen LogP contribution in [0, 0.1) is 5.92 Å². The number of rotatable bonds is 4. The summed E-state index contributed by atoms with van der Waals surface area (Å²) in [6.45, 7) is 3.46. The summed E-state index contributed by atoms with van der Waals surface area (Å²) >= 11 is 0. The maximum Gasteiger partial charge on any atom is 0.0463 e. The first-order valence-corrected chi connectivity index (χ1v) is 8.19. The second kappa shape index (κ2) is 5.66. The third-order valence-electron chi connectivity index (χ3n) is 4.97. The van der Waals surface area contributed by atoms with Gasteiger partial charge in [0.25, 0.3) is 0 Å². The minimum atomic E-state index is 0.307. The molecule has 0 bridgehead atoms. The zero-order valence-electron chi connectivity index (χ0n) is 12.3. The number of hydrogen-bond acceptors (Lipinski definition) is 1. The molecule has 1 aromatic carbocycles. The molecular weight excluding hydrogens is 230 g/mol. The van der Waals surface area contributed by atoms with Crippen molar-refractivity contribution in [3.8, 4) is 0 Å². The van der Waals surface area contributed by atoms with Gasteiger partial charge >= 0.3 is 0 Å². The topological polar surface area (TPSA) is 12.0 Å². The molecule has 3 rings (SSSR count). The van der Waals surface area contributed by atoms with Gasteiger partial charge in [-0.1, -0.05) is 50.5 Å². The number of hydrogen-bond donors (Lipinski definition) is 1. The van der Waals surface area contributed by atoms with E-state index in [1.807, 2.05) is 0 Å². The van der Waals surface area contributed by atoms with Gasteiger partial charge in [-0.05, 0) is 55.7 Å². The van der Waals surface area contributed by atoms with Crippen LogP contribution >= 0.6 is 0 Å². The van der Waals surface area contributed by atoms with Crippen LogP contribution in [-0.4, -0.2) is 6.54 Å². The van der Waals surface area contributed by atoms with Crippen molar-refractivity contribution in [2.75, 3.05) is 6.54 Å². The number of benzene rings is 1. The zero-order valence-corrected chi connectivity index (χ0v) is 12.3. The molecule has 1 unspecified atom stereocenters. The standard InChI is InChI=1S/C18H27N/c1-2-6-15-7-9-16(10-8-15)18(17-11-12-17)13-4-3-5-14-19-18/h7-10,17,19H,2-6,11-14H2,1H3. The summed E-state index contributed by atoms with van der Waals surface area (Å²) in [5.74, 6) is 0.891. The average Bonchev–Trinajstić information content (AvgIpc) is 3.27. The predicted octanol–water partition coefficient (Wildman–Crippen LogP) is 4.41. The van der Waals surface area contributed by atoms with Gasteiger partial charge in [-0.25, -0.2) is 0 Å². The molecule has 104 valence electrons. The van der Waals surface area contributed by atoms with E-state index in [0.717, 1.165) is 5.92 Å². The Morgan fingerprint density at radius 3 is 2.58 bits per heavy atom. The van der Waals surface area contributed by atoms with Crippen molar-refractivity contribution >= 4 is 0 Å². The smallest absolute Gasteiger partial charge is 0.0463 e. The van der Waals surface area contributed by atoms with Gasteiger partial charge in [0, 0.05) is 5.54 Å². The average molecular weight is 257 g/mol. The Balaban J connectivity index is 1.86. The van der Waals surface area contributed by atoms with Crippen LogP contribution in [0.25, 0.3) is 0 Å². The lowest BCUT2D eigenvalue weighted by molar-refractivity contribution is 0.279. The maximum absolute atomic E-state index is 3.92. The lowest BCUT2D eigenvalue weighted by Gasteiger charge is -2.35. The van der Waals surface area contributed by atoms with Gasteiger partial charge in [0.05, 0.1) is 0 Å². The summed E-state index contributed by atoms with van der Waals surface area (Å²) in [7, 11) is 0. The molecular formula is C18H27N. The molecule has 1 nitrogen and oxygen atoms in total. The van der Waals surface area contributed by atoms with Gasteiger partial charge in [-0.2, -0.15) is 0 Å². The molecule has 0 amide bonds. The van der Waals surface area contributed by atoms with Crippen LogP contribution in [0.4, 0.5) is 0 Å². The fourth-order valence-electron chi connectivity index (χ4n) is 3.77. The van der Waals surface area contributed by atoms with E-state index in [4.69, 9.17) is 0 Å². The lowest BCUT2D eigenvalue weighted by atomic mass is 9.80. The Labute approximate surface area is 117 Å². The minimum Gasteiger partial charge on any atom is -0.307 e. The minimum absolute atomic E-state index is 0.307. The van der Waals surface area contributed by atoms with Crippen LogP contribution in [0.3, 0.4) is 0 Å². The second-order valence-corrected chi connectivity index (χ2v) is 6.43. The molecule has 1 heterocycles. The quantitative estimate of drug-likeness (QED) is 0.842. The SMILES string of the molecule is CCCc1ccc(C2(C3CC3)CCCCCN2)cc1. The molecule has 0 aromatic heterocycles. The third-order valence-corrected chi connectivity index (χ3v) is 4.97. The van der Waals surface area contributed by atoms with Gasteiger partial charge in [0.1, 0.15) is 0 Å². The summed E-state index contributed by atoms with van der Waals surface area (Å²) in [4.78, 5) is 0. The number of nitrogens with one attached hydrogen (secondary N) is 1. The largest absolute Gasteiger partial charge is 0.307 e. The molecule has 0 radical (unpaired) electrons. The van der Waals surface area contributed by atoms with Crippen molar-refractivity contribution in [1.29, 1.82) is 0 Å². The Morgan fingerprint density at radius 1 is 1.11 bits per heavy atom. The first kappa shape index (κ1) is 13.2. The van der Waals surface area contributed by atoms with Gasteiger partial charge in [0.2, 0.25) is 0 Å². The second-order valence-electron chi connectivity index (χ2n) is 6.43. The molecule has 1 aliphatic carbocycles. The first-order chi connectivity index (χ1) is 9.35. The molecule has 1 atom stereocenters. The van der Waals surface area contributed by atoms with Gasteiger partial charge in [-0.15, -0.1) is 0 Å². The van der Waals surface area contributed by atoms with E-state index in [1.165, 1.54) is 63.5 Å². The summed E-state index contributed by atoms with van der Waals surface area (Å²) in [6, 6.07) is 9.52. The Bertz CT molecular complexity index is 394. The molecule has 1 aliphatic heterocycles. The van der Waals surface area contributed by atoms with Crippen LogP contribution in [0.15, 0.2) is 24.3 Å². The fraction of sp³-hybridized carbons (Fsp3) is 0.667. The zero-order chi connectivity index (χ0) is 13.1. The van der Waals surface area contributed by atoms with E-state index < -0.39 is 0 Å². The Morgan fingerprint density at radius 2 is 1.89 bits per heavy atom. The Kier molecular flexibility index (Phi) is 3.93. The van der Waals surface area contributed by atoms with E-state index in [0.29, 0.717) is 5.54 Å². The number of aryl methyl sites for hydroxylation is 1. The normalized spacial score (nSPS) is 28.1. The molecule has 1 saturated carbocycles. The highest BCUT2D eigenvalue weighted by Gasteiger charge is 2.45. The highest BCUT2D eigenvalue weighted by atomic mass is 15.0. The summed E-state index contributed by atoms with van der Waals surface area (Å²) in [5.41, 5.74) is 3.35. The summed E-state index contributed by atoms with van der Waals surface area (Å²) in [5, 5.41) is 3.92. The molecule has 19 heavy (non-hydrogen) atoms. The van der Waals surface area contributed by atoms with Crippen LogP contribution in [0.1, 0.15) is 63.0 Å². The van der Waals surface area contributed by atoms with E-state index in [-0.39, 0.29) is 0 Å². The summed E-state index contributed by atoms with van der Waals surface area (Å²) < 4.78 is 0. The van der Waals surface area contributed by atoms with Gasteiger partial charge < -0.3 is 5.32 Å². The van der Waals surface area contributed by atoms with E-state index >= 15 is 0 Å². The molecule has 2 aliphatic rings. The monoisotopic (exact) mass is 257 g/mol. The van der Waals surface area contributed by atoms with Gasteiger partial charge in [0.15, 0.2) is 0 Å². The van der Waals surface area contributed by atoms with Crippen molar-refractivity contribution in [1.82, 2.24) is 5.32 Å². The van der Waals surface area contributed by atoms with Crippen LogP contribution in [0.5, 0.6) is 0 Å². The summed E-state index contributed by atoms with van der Waals surface area (Å²) in [6.07, 6.45) is 10.8. The van der Waals surface area contributed by atoms with Crippen LogP contribution < -0.4 is 5.32 Å². The lowest BCUT2D eigenvalue weighted by Crippen LogP contribution is -2.43. The molecule has 1 aromatic rings. The molecule has 1 N–H and O–H groups in total. The maximum atomic E-state index is 3.92. The van der Waals surface area contributed by atoms with Crippen molar-refractivity contribution in [3.63, 3.8) is 0 Å².